The average Bonchev–Trinajstić information content (AvgIpc) is 2.79. The Morgan fingerprint density at radius 3 is 2.75 bits per heavy atom. The molecule has 20 heavy (non-hydrogen) atoms. The van der Waals surface area contributed by atoms with Gasteiger partial charge in [-0.1, -0.05) is 12.1 Å². The summed E-state index contributed by atoms with van der Waals surface area (Å²) >= 11 is 0. The van der Waals surface area contributed by atoms with Gasteiger partial charge in [0.25, 0.3) is 0 Å². The Balaban J connectivity index is 0.00000200. The first-order valence-electron chi connectivity index (χ1n) is 6.60. The average molecular weight is 387 g/mol. The molecule has 0 bridgehead atoms. The Morgan fingerprint density at radius 2 is 2.10 bits per heavy atom. The van der Waals surface area contributed by atoms with E-state index in [4.69, 9.17) is 0 Å². The molecule has 5 nitrogen and oxygen atoms in total. The normalized spacial score (nSPS) is 11.5. The Hall–Kier alpha value is -1.31. The van der Waals surface area contributed by atoms with Crippen molar-refractivity contribution in [1.82, 2.24) is 20.6 Å². The van der Waals surface area contributed by atoms with Gasteiger partial charge in [0.1, 0.15) is 5.82 Å². The molecule has 0 aliphatic carbocycles. The third kappa shape index (κ3) is 4.66. The van der Waals surface area contributed by atoms with Gasteiger partial charge < -0.3 is 15.6 Å². The number of hydrogen-bond acceptors (Lipinski definition) is 2. The lowest BCUT2D eigenvalue weighted by molar-refractivity contribution is 0.695. The molecule has 0 unspecified atom stereocenters. The van der Waals surface area contributed by atoms with Gasteiger partial charge in [-0.05, 0) is 26.0 Å². The summed E-state index contributed by atoms with van der Waals surface area (Å²) in [5.41, 5.74) is 2.10. The van der Waals surface area contributed by atoms with E-state index in [0.717, 1.165) is 35.8 Å². The molecule has 0 aliphatic heterocycles. The highest BCUT2D eigenvalue weighted by molar-refractivity contribution is 14.0. The van der Waals surface area contributed by atoms with Crippen molar-refractivity contribution in [2.75, 3.05) is 13.6 Å². The van der Waals surface area contributed by atoms with Crippen LogP contribution in [0.15, 0.2) is 29.3 Å². The van der Waals surface area contributed by atoms with Gasteiger partial charge in [-0.2, -0.15) is 0 Å². The number of H-pyrrole nitrogens is 1. The topological polar surface area (TPSA) is 65.1 Å². The molecule has 3 N–H and O–H groups in total. The first-order valence-corrected chi connectivity index (χ1v) is 6.60. The number of halogens is 1. The summed E-state index contributed by atoms with van der Waals surface area (Å²) in [6, 6.07) is 8.44. The van der Waals surface area contributed by atoms with E-state index in [0.29, 0.717) is 6.04 Å². The minimum absolute atomic E-state index is 0. The quantitative estimate of drug-likeness (QED) is 0.429. The minimum atomic E-state index is 0. The fraction of sp³-hybridized carbons (Fsp3) is 0.429. The van der Waals surface area contributed by atoms with Crippen molar-refractivity contribution in [2.24, 2.45) is 4.99 Å². The van der Waals surface area contributed by atoms with Crippen molar-refractivity contribution in [1.29, 1.82) is 0 Å². The number of aliphatic imine (C=N–C) groups is 1. The molecular weight excluding hydrogens is 365 g/mol. The standard InChI is InChI=1S/C14H21N5.HI/c1-10(2)17-14(15-3)16-9-8-13-18-11-6-4-5-7-12(11)19-13;/h4-7,10H,8-9H2,1-3H3,(H,18,19)(H2,15,16,17);1H. The number of benzene rings is 1. The molecule has 2 rings (SSSR count). The Labute approximate surface area is 136 Å². The maximum Gasteiger partial charge on any atom is 0.191 e. The van der Waals surface area contributed by atoms with Crippen molar-refractivity contribution >= 4 is 41.0 Å². The molecule has 1 aromatic heterocycles. The SMILES string of the molecule is CN=C(NCCc1nc2ccccc2[nH]1)NC(C)C.I. The van der Waals surface area contributed by atoms with Crippen LogP contribution in [0.4, 0.5) is 0 Å². The molecule has 6 heteroatoms. The highest BCUT2D eigenvalue weighted by Gasteiger charge is 2.03. The molecule has 0 saturated heterocycles. The van der Waals surface area contributed by atoms with Crippen LogP contribution in [0, 0.1) is 0 Å². The third-order valence-electron chi connectivity index (χ3n) is 2.74. The van der Waals surface area contributed by atoms with Crippen LogP contribution in [0.1, 0.15) is 19.7 Å². The molecule has 1 heterocycles. The van der Waals surface area contributed by atoms with Gasteiger partial charge in [-0.25, -0.2) is 4.98 Å². The summed E-state index contributed by atoms with van der Waals surface area (Å²) in [5, 5.41) is 6.52. The molecule has 0 fully saturated rings. The highest BCUT2D eigenvalue weighted by Crippen LogP contribution is 2.10. The number of aromatic nitrogens is 2. The van der Waals surface area contributed by atoms with E-state index in [9.17, 15) is 0 Å². The lowest BCUT2D eigenvalue weighted by Gasteiger charge is -2.13. The van der Waals surface area contributed by atoms with E-state index in [-0.39, 0.29) is 24.0 Å². The fourth-order valence-electron chi connectivity index (χ4n) is 1.89. The minimum Gasteiger partial charge on any atom is -0.356 e. The van der Waals surface area contributed by atoms with Gasteiger partial charge in [0.2, 0.25) is 0 Å². The zero-order chi connectivity index (χ0) is 13.7. The van der Waals surface area contributed by atoms with E-state index < -0.39 is 0 Å². The van der Waals surface area contributed by atoms with Crippen molar-refractivity contribution in [3.8, 4) is 0 Å². The van der Waals surface area contributed by atoms with Gasteiger partial charge in [0, 0.05) is 26.1 Å². The van der Waals surface area contributed by atoms with Crippen molar-refractivity contribution in [3.63, 3.8) is 0 Å². The zero-order valence-corrected chi connectivity index (χ0v) is 14.4. The maximum atomic E-state index is 4.54. The summed E-state index contributed by atoms with van der Waals surface area (Å²) in [6.45, 7) is 4.98. The summed E-state index contributed by atoms with van der Waals surface area (Å²) < 4.78 is 0. The third-order valence-corrected chi connectivity index (χ3v) is 2.74. The first-order chi connectivity index (χ1) is 9.19. The summed E-state index contributed by atoms with van der Waals surface area (Å²) in [5.74, 6) is 1.82. The molecule has 110 valence electrons. The molecular formula is C14H22IN5. The van der Waals surface area contributed by atoms with E-state index in [2.05, 4.69) is 39.4 Å². The van der Waals surface area contributed by atoms with E-state index in [1.54, 1.807) is 7.05 Å². The lowest BCUT2D eigenvalue weighted by atomic mass is 10.3. The molecule has 0 aliphatic rings. The Morgan fingerprint density at radius 1 is 1.35 bits per heavy atom. The maximum absolute atomic E-state index is 4.54. The molecule has 0 atom stereocenters. The van der Waals surface area contributed by atoms with Gasteiger partial charge >= 0.3 is 0 Å². The first kappa shape index (κ1) is 16.7. The predicted molar refractivity (Wildman–Crippen MR) is 94.8 cm³/mol. The smallest absolute Gasteiger partial charge is 0.191 e. The van der Waals surface area contributed by atoms with Crippen LogP contribution in [0.3, 0.4) is 0 Å². The Bertz CT molecular complexity index is 528. The van der Waals surface area contributed by atoms with Gasteiger partial charge in [0.15, 0.2) is 5.96 Å². The molecule has 0 amide bonds. The molecule has 0 spiro atoms. The molecule has 1 aromatic carbocycles. The van der Waals surface area contributed by atoms with Crippen LogP contribution in [0.25, 0.3) is 11.0 Å². The number of rotatable bonds is 4. The number of guanidine groups is 1. The fourth-order valence-corrected chi connectivity index (χ4v) is 1.89. The van der Waals surface area contributed by atoms with Crippen LogP contribution in [0.5, 0.6) is 0 Å². The number of hydrogen-bond donors (Lipinski definition) is 3. The van der Waals surface area contributed by atoms with Crippen LogP contribution >= 0.6 is 24.0 Å². The molecule has 0 radical (unpaired) electrons. The Kier molecular flexibility index (Phi) is 6.77. The number of imidazole rings is 1. The summed E-state index contributed by atoms with van der Waals surface area (Å²) in [6.07, 6.45) is 0.841. The number of nitrogens with zero attached hydrogens (tertiary/aromatic N) is 2. The molecule has 0 saturated carbocycles. The van der Waals surface area contributed by atoms with Crippen molar-refractivity contribution in [3.05, 3.63) is 30.1 Å². The van der Waals surface area contributed by atoms with E-state index in [1.807, 2.05) is 24.3 Å². The number of nitrogens with one attached hydrogen (secondary N) is 3. The number of para-hydroxylation sites is 2. The second-order valence-corrected chi connectivity index (χ2v) is 4.75. The van der Waals surface area contributed by atoms with Crippen LogP contribution in [0.2, 0.25) is 0 Å². The second-order valence-electron chi connectivity index (χ2n) is 4.75. The van der Waals surface area contributed by atoms with Crippen molar-refractivity contribution < 1.29 is 0 Å². The predicted octanol–water partition coefficient (Wildman–Crippen LogP) is 2.30. The van der Waals surface area contributed by atoms with Crippen molar-refractivity contribution in [2.45, 2.75) is 26.3 Å². The van der Waals surface area contributed by atoms with E-state index >= 15 is 0 Å². The monoisotopic (exact) mass is 387 g/mol. The number of fused-ring (bicyclic) bond motifs is 1. The summed E-state index contributed by atoms with van der Waals surface area (Å²) in [7, 11) is 1.78. The highest BCUT2D eigenvalue weighted by atomic mass is 127. The second kappa shape index (κ2) is 8.08. The van der Waals surface area contributed by atoms with Gasteiger partial charge in [0.05, 0.1) is 11.0 Å². The van der Waals surface area contributed by atoms with Gasteiger partial charge in [-0.15, -0.1) is 24.0 Å². The van der Waals surface area contributed by atoms with Crippen LogP contribution < -0.4 is 10.6 Å². The largest absolute Gasteiger partial charge is 0.356 e. The number of aromatic amines is 1. The lowest BCUT2D eigenvalue weighted by Crippen LogP contribution is -2.41. The summed E-state index contributed by atoms with van der Waals surface area (Å²) in [4.78, 5) is 12.0. The van der Waals surface area contributed by atoms with Crippen LogP contribution in [-0.2, 0) is 6.42 Å². The molecule has 2 aromatic rings. The van der Waals surface area contributed by atoms with Gasteiger partial charge in [-0.3, -0.25) is 4.99 Å². The zero-order valence-electron chi connectivity index (χ0n) is 12.1. The van der Waals surface area contributed by atoms with Crippen LogP contribution in [-0.4, -0.2) is 35.6 Å². The van der Waals surface area contributed by atoms with E-state index in [1.165, 1.54) is 0 Å².